The lowest BCUT2D eigenvalue weighted by Crippen LogP contribution is -2.72. The summed E-state index contributed by atoms with van der Waals surface area (Å²) in [5.74, 6) is -5.61. The molecule has 8 atom stereocenters. The van der Waals surface area contributed by atoms with Crippen LogP contribution in [-0.4, -0.2) is 36.5 Å². The fourth-order valence-corrected chi connectivity index (χ4v) is 5.13. The van der Waals surface area contributed by atoms with E-state index in [9.17, 15) is 8.78 Å². The lowest BCUT2D eigenvalue weighted by molar-refractivity contribution is -0.580. The first kappa shape index (κ1) is 17.1. The molecule has 7 heteroatoms. The first-order chi connectivity index (χ1) is 11.2. The van der Waals surface area contributed by atoms with Crippen LogP contribution in [-0.2, 0) is 24.0 Å². The van der Waals surface area contributed by atoms with E-state index in [1.807, 2.05) is 13.8 Å². The summed E-state index contributed by atoms with van der Waals surface area (Å²) < 4.78 is 47.4. The average Bonchev–Trinajstić information content (AvgIpc) is 2.74. The highest BCUT2D eigenvalue weighted by molar-refractivity contribution is 5.12. The molecule has 0 amide bonds. The maximum Gasteiger partial charge on any atom is 0.251 e. The fourth-order valence-electron chi connectivity index (χ4n) is 5.13. The number of halogens is 2. The Hall–Kier alpha value is -0.340. The molecule has 4 heterocycles. The quantitative estimate of drug-likeness (QED) is 0.715. The van der Waals surface area contributed by atoms with Crippen LogP contribution in [0.15, 0.2) is 0 Å². The Labute approximate surface area is 140 Å². The Morgan fingerprint density at radius 3 is 2.62 bits per heavy atom. The molecule has 0 aromatic carbocycles. The van der Waals surface area contributed by atoms with Crippen molar-refractivity contribution in [3.05, 3.63) is 0 Å². The Morgan fingerprint density at radius 2 is 1.92 bits per heavy atom. The van der Waals surface area contributed by atoms with E-state index in [1.54, 1.807) is 13.8 Å². The number of alkyl halides is 2. The topological polar surface area (TPSA) is 46.2 Å². The SMILES string of the molecule is CCO[C@H]1O[C@@H]2O[C@@]3(C)CC[C@H]4C(C)C(F)(F)C[C@@H]([C@H]1C)[C@@]24OO3. The summed E-state index contributed by atoms with van der Waals surface area (Å²) in [6.45, 7) is 7.58. The van der Waals surface area contributed by atoms with Gasteiger partial charge in [0.25, 0.3) is 5.92 Å². The molecular formula is C17H26F2O5. The molecule has 138 valence electrons. The summed E-state index contributed by atoms with van der Waals surface area (Å²) >= 11 is 0. The second-order valence-electron chi connectivity index (χ2n) is 7.93. The van der Waals surface area contributed by atoms with E-state index in [-0.39, 0.29) is 18.3 Å². The Morgan fingerprint density at radius 1 is 1.17 bits per heavy atom. The van der Waals surface area contributed by atoms with Crippen LogP contribution in [0.25, 0.3) is 0 Å². The van der Waals surface area contributed by atoms with Gasteiger partial charge in [-0.3, -0.25) is 0 Å². The predicted octanol–water partition coefficient (Wildman–Crippen LogP) is 3.48. The van der Waals surface area contributed by atoms with Crippen LogP contribution in [0.1, 0.15) is 47.0 Å². The second-order valence-corrected chi connectivity index (χ2v) is 7.93. The number of rotatable bonds is 2. The zero-order valence-electron chi connectivity index (χ0n) is 14.6. The van der Waals surface area contributed by atoms with Crippen LogP contribution < -0.4 is 0 Å². The third kappa shape index (κ3) is 2.14. The summed E-state index contributed by atoms with van der Waals surface area (Å²) in [7, 11) is 0. The van der Waals surface area contributed by atoms with Gasteiger partial charge in [-0.1, -0.05) is 13.8 Å². The van der Waals surface area contributed by atoms with Gasteiger partial charge in [0.2, 0.25) is 5.79 Å². The van der Waals surface area contributed by atoms with E-state index in [1.165, 1.54) is 0 Å². The van der Waals surface area contributed by atoms with Gasteiger partial charge in [-0.2, -0.15) is 0 Å². The molecule has 0 radical (unpaired) electrons. The molecule has 4 saturated heterocycles. The molecule has 5 fully saturated rings. The third-order valence-corrected chi connectivity index (χ3v) is 6.57. The van der Waals surface area contributed by atoms with E-state index in [0.717, 1.165) is 0 Å². The summed E-state index contributed by atoms with van der Waals surface area (Å²) in [5, 5.41) is 0. The van der Waals surface area contributed by atoms with Crippen molar-refractivity contribution in [2.45, 2.75) is 76.8 Å². The van der Waals surface area contributed by atoms with Crippen molar-refractivity contribution in [1.29, 1.82) is 0 Å². The smallest absolute Gasteiger partial charge is 0.251 e. The van der Waals surface area contributed by atoms with Gasteiger partial charge in [-0.05, 0) is 20.3 Å². The molecular weight excluding hydrogens is 322 g/mol. The van der Waals surface area contributed by atoms with E-state index >= 15 is 0 Å². The summed E-state index contributed by atoms with van der Waals surface area (Å²) in [6, 6.07) is 0. The standard InChI is InChI=1S/C17H26F2O5/c1-5-20-13-9(2)12-8-16(18,19)10(3)11-6-7-15(4)22-14(21-13)17(11,12)24-23-15/h9-14H,5-8H2,1-4H3/t9-,10?,11+,12+,13+,14-,15-,17-/m1/s1. The van der Waals surface area contributed by atoms with Gasteiger partial charge in [0, 0.05) is 43.1 Å². The molecule has 24 heavy (non-hydrogen) atoms. The van der Waals surface area contributed by atoms with E-state index in [0.29, 0.717) is 19.4 Å². The van der Waals surface area contributed by atoms with Crippen LogP contribution in [0.2, 0.25) is 0 Å². The predicted molar refractivity (Wildman–Crippen MR) is 78.8 cm³/mol. The lowest BCUT2D eigenvalue weighted by Gasteiger charge is -2.61. The van der Waals surface area contributed by atoms with Crippen LogP contribution >= 0.6 is 0 Å². The first-order valence-electron chi connectivity index (χ1n) is 8.93. The number of ether oxygens (including phenoxy) is 3. The number of hydrogen-bond acceptors (Lipinski definition) is 5. The summed E-state index contributed by atoms with van der Waals surface area (Å²) in [4.78, 5) is 11.4. The average molecular weight is 348 g/mol. The highest BCUT2D eigenvalue weighted by Crippen LogP contribution is 2.63. The maximum absolute atomic E-state index is 14.8. The van der Waals surface area contributed by atoms with Crippen molar-refractivity contribution in [1.82, 2.24) is 0 Å². The minimum atomic E-state index is -2.75. The normalized spacial score (nSPS) is 55.8. The van der Waals surface area contributed by atoms with Crippen molar-refractivity contribution in [3.63, 3.8) is 0 Å². The molecule has 0 aromatic rings. The molecule has 0 N–H and O–H groups in total. The van der Waals surface area contributed by atoms with Gasteiger partial charge in [0.1, 0.15) is 0 Å². The monoisotopic (exact) mass is 348 g/mol. The van der Waals surface area contributed by atoms with Crippen LogP contribution in [0, 0.1) is 23.7 Å². The molecule has 5 rings (SSSR count). The van der Waals surface area contributed by atoms with Gasteiger partial charge in [-0.25, -0.2) is 18.6 Å². The molecule has 2 bridgehead atoms. The number of fused-ring (bicyclic) bond motifs is 2. The van der Waals surface area contributed by atoms with Crippen molar-refractivity contribution in [2.24, 2.45) is 23.7 Å². The van der Waals surface area contributed by atoms with E-state index in [2.05, 4.69) is 0 Å². The zero-order chi connectivity index (χ0) is 17.3. The molecule has 4 aliphatic heterocycles. The largest absolute Gasteiger partial charge is 0.353 e. The third-order valence-electron chi connectivity index (χ3n) is 6.57. The minimum absolute atomic E-state index is 0.239. The van der Waals surface area contributed by atoms with Gasteiger partial charge >= 0.3 is 0 Å². The van der Waals surface area contributed by atoms with Crippen LogP contribution in [0.4, 0.5) is 8.78 Å². The molecule has 1 aliphatic carbocycles. The van der Waals surface area contributed by atoms with Crippen molar-refractivity contribution >= 4 is 0 Å². The van der Waals surface area contributed by atoms with E-state index < -0.39 is 41.7 Å². The van der Waals surface area contributed by atoms with Crippen molar-refractivity contribution < 1.29 is 32.8 Å². The Kier molecular flexibility index (Phi) is 3.80. The summed E-state index contributed by atoms with van der Waals surface area (Å²) in [6.07, 6.45) is -0.527. The molecule has 1 spiro atoms. The molecule has 1 saturated carbocycles. The summed E-state index contributed by atoms with van der Waals surface area (Å²) in [5.41, 5.74) is -0.996. The van der Waals surface area contributed by atoms with Gasteiger partial charge < -0.3 is 14.2 Å². The lowest BCUT2D eigenvalue weighted by atomic mass is 9.57. The highest BCUT2D eigenvalue weighted by Gasteiger charge is 2.73. The fraction of sp³-hybridized carbons (Fsp3) is 1.00. The Bertz CT molecular complexity index is 517. The van der Waals surface area contributed by atoms with Crippen molar-refractivity contribution in [3.8, 4) is 0 Å². The van der Waals surface area contributed by atoms with Gasteiger partial charge in [0.15, 0.2) is 18.2 Å². The minimum Gasteiger partial charge on any atom is -0.353 e. The molecule has 0 aromatic heterocycles. The molecule has 1 unspecified atom stereocenters. The van der Waals surface area contributed by atoms with Crippen LogP contribution in [0.3, 0.4) is 0 Å². The van der Waals surface area contributed by atoms with Gasteiger partial charge in [-0.15, -0.1) is 0 Å². The second kappa shape index (κ2) is 5.33. The first-order valence-corrected chi connectivity index (χ1v) is 8.93. The zero-order valence-corrected chi connectivity index (χ0v) is 14.6. The Balaban J connectivity index is 1.80. The number of hydrogen-bond donors (Lipinski definition) is 0. The molecule has 5 nitrogen and oxygen atoms in total. The van der Waals surface area contributed by atoms with E-state index in [4.69, 9.17) is 24.0 Å². The maximum atomic E-state index is 14.8. The van der Waals surface area contributed by atoms with Crippen molar-refractivity contribution in [2.75, 3.05) is 6.61 Å². The highest BCUT2D eigenvalue weighted by atomic mass is 19.3. The van der Waals surface area contributed by atoms with Gasteiger partial charge in [0.05, 0.1) is 0 Å². The molecule has 5 aliphatic rings. The van der Waals surface area contributed by atoms with Crippen LogP contribution in [0.5, 0.6) is 0 Å².